The average Bonchev–Trinajstić information content (AvgIpc) is 2.17. The summed E-state index contributed by atoms with van der Waals surface area (Å²) in [7, 11) is 0. The molecule has 0 fully saturated rings. The van der Waals surface area contributed by atoms with E-state index in [1.54, 1.807) is 0 Å². The second-order valence-electron chi connectivity index (χ2n) is 5.18. The minimum Gasteiger partial charge on any atom is -0.358 e. The van der Waals surface area contributed by atoms with Crippen molar-refractivity contribution in [3.63, 3.8) is 0 Å². The van der Waals surface area contributed by atoms with Crippen molar-refractivity contribution in [2.75, 3.05) is 0 Å². The SMILES string of the molecule is [CH2-]CC(C)CCCC(C)CC(C)CC.[CH3-].[Y]. The summed E-state index contributed by atoms with van der Waals surface area (Å²) in [5.41, 5.74) is 0. The molecular weight excluding hydrogens is 269 g/mol. The fourth-order valence-electron chi connectivity index (χ4n) is 1.93. The molecule has 0 saturated carbocycles. The Morgan fingerprint density at radius 1 is 0.938 bits per heavy atom. The van der Waals surface area contributed by atoms with Crippen molar-refractivity contribution in [1.29, 1.82) is 0 Å². The summed E-state index contributed by atoms with van der Waals surface area (Å²) in [6, 6.07) is 0. The minimum absolute atomic E-state index is 0. The van der Waals surface area contributed by atoms with Crippen LogP contribution in [0.25, 0.3) is 0 Å². The van der Waals surface area contributed by atoms with Crippen LogP contribution in [0, 0.1) is 32.1 Å². The molecule has 0 aliphatic carbocycles. The molecule has 3 unspecified atom stereocenters. The Hall–Kier alpha value is 1.10. The fourth-order valence-corrected chi connectivity index (χ4v) is 1.93. The van der Waals surface area contributed by atoms with Gasteiger partial charge in [0.05, 0.1) is 0 Å². The maximum Gasteiger partial charge on any atom is 0 e. The van der Waals surface area contributed by atoms with Gasteiger partial charge in [0.25, 0.3) is 0 Å². The molecule has 0 aromatic rings. The maximum atomic E-state index is 3.95. The quantitative estimate of drug-likeness (QED) is 0.517. The molecule has 0 aromatic carbocycles. The molecule has 1 heteroatoms. The first-order chi connectivity index (χ1) is 6.60. The van der Waals surface area contributed by atoms with Crippen LogP contribution in [0.1, 0.15) is 66.2 Å². The number of hydrogen-bond acceptors (Lipinski definition) is 0. The van der Waals surface area contributed by atoms with Gasteiger partial charge in [0.1, 0.15) is 0 Å². The molecule has 0 nitrogen and oxygen atoms in total. The summed E-state index contributed by atoms with van der Waals surface area (Å²) in [6.45, 7) is 13.3. The molecule has 0 aliphatic rings. The van der Waals surface area contributed by atoms with Gasteiger partial charge in [0, 0.05) is 32.7 Å². The molecule has 0 aliphatic heterocycles. The van der Waals surface area contributed by atoms with Crippen molar-refractivity contribution < 1.29 is 32.7 Å². The molecule has 0 spiro atoms. The van der Waals surface area contributed by atoms with E-state index >= 15 is 0 Å². The van der Waals surface area contributed by atoms with Gasteiger partial charge in [0.15, 0.2) is 0 Å². The first-order valence-electron chi connectivity index (χ1n) is 6.39. The predicted molar refractivity (Wildman–Crippen MR) is 72.6 cm³/mol. The van der Waals surface area contributed by atoms with Crippen LogP contribution >= 0.6 is 0 Å². The van der Waals surface area contributed by atoms with Gasteiger partial charge in [0.2, 0.25) is 0 Å². The van der Waals surface area contributed by atoms with E-state index in [2.05, 4.69) is 34.6 Å². The molecule has 0 bridgehead atoms. The Morgan fingerprint density at radius 2 is 1.44 bits per heavy atom. The van der Waals surface area contributed by atoms with Crippen LogP contribution in [-0.4, -0.2) is 0 Å². The van der Waals surface area contributed by atoms with Crippen LogP contribution < -0.4 is 0 Å². The normalized spacial score (nSPS) is 15.6. The zero-order valence-electron chi connectivity index (χ0n) is 12.3. The van der Waals surface area contributed by atoms with E-state index in [1.807, 2.05) is 0 Å². The van der Waals surface area contributed by atoms with Gasteiger partial charge in [-0.2, -0.15) is 6.42 Å². The van der Waals surface area contributed by atoms with Crippen LogP contribution in [-0.2, 0) is 32.7 Å². The van der Waals surface area contributed by atoms with Crippen LogP contribution in [0.4, 0.5) is 0 Å². The first-order valence-corrected chi connectivity index (χ1v) is 6.39. The fraction of sp³-hybridized carbons (Fsp3) is 0.867. The number of hydrogen-bond donors (Lipinski definition) is 0. The van der Waals surface area contributed by atoms with E-state index in [1.165, 1.54) is 32.1 Å². The first kappa shape index (κ1) is 22.3. The largest absolute Gasteiger partial charge is 0.358 e. The average molecular weight is 301 g/mol. The Kier molecular flexibility index (Phi) is 19.7. The molecule has 16 heavy (non-hydrogen) atoms. The van der Waals surface area contributed by atoms with Crippen LogP contribution in [0.2, 0.25) is 0 Å². The van der Waals surface area contributed by atoms with E-state index in [4.69, 9.17) is 0 Å². The van der Waals surface area contributed by atoms with Crippen molar-refractivity contribution >= 4 is 0 Å². The summed E-state index contributed by atoms with van der Waals surface area (Å²) in [5, 5.41) is 0. The van der Waals surface area contributed by atoms with Gasteiger partial charge in [-0.05, 0) is 18.3 Å². The van der Waals surface area contributed by atoms with Crippen molar-refractivity contribution in [2.24, 2.45) is 17.8 Å². The van der Waals surface area contributed by atoms with E-state index in [9.17, 15) is 0 Å². The molecule has 0 saturated heterocycles. The molecular formula is C15H32Y-2. The third kappa shape index (κ3) is 13.2. The maximum absolute atomic E-state index is 3.95. The van der Waals surface area contributed by atoms with Crippen LogP contribution in [0.15, 0.2) is 0 Å². The molecule has 0 rings (SSSR count). The van der Waals surface area contributed by atoms with Gasteiger partial charge >= 0.3 is 0 Å². The van der Waals surface area contributed by atoms with E-state index in [-0.39, 0.29) is 40.1 Å². The van der Waals surface area contributed by atoms with E-state index < -0.39 is 0 Å². The second-order valence-corrected chi connectivity index (χ2v) is 5.18. The zero-order chi connectivity index (χ0) is 11.0. The predicted octanol–water partition coefficient (Wildman–Crippen LogP) is 5.54. The smallest absolute Gasteiger partial charge is 0 e. The third-order valence-corrected chi connectivity index (χ3v) is 3.39. The topological polar surface area (TPSA) is 0 Å². The Morgan fingerprint density at radius 3 is 1.88 bits per heavy atom. The monoisotopic (exact) mass is 301 g/mol. The van der Waals surface area contributed by atoms with Gasteiger partial charge < -0.3 is 14.4 Å². The summed E-state index contributed by atoms with van der Waals surface area (Å²) in [5.74, 6) is 2.66. The molecule has 97 valence electrons. The molecule has 0 heterocycles. The van der Waals surface area contributed by atoms with Crippen molar-refractivity contribution in [3.8, 4) is 0 Å². The third-order valence-electron chi connectivity index (χ3n) is 3.39. The summed E-state index contributed by atoms with van der Waals surface area (Å²) in [4.78, 5) is 0. The standard InChI is InChI=1S/C14H29.CH3.Y/c1-6-12(3)9-8-10-14(5)11-13(4)7-2;;/h12-14H,1,6-11H2,2-5H3;1H3;/q2*-1;. The second kappa shape index (κ2) is 14.2. The van der Waals surface area contributed by atoms with Crippen molar-refractivity contribution in [3.05, 3.63) is 14.4 Å². The summed E-state index contributed by atoms with van der Waals surface area (Å²) in [6.07, 6.45) is 8.02. The summed E-state index contributed by atoms with van der Waals surface area (Å²) < 4.78 is 0. The Balaban J connectivity index is -0.000000845. The number of rotatable bonds is 8. The molecule has 0 aromatic heterocycles. The van der Waals surface area contributed by atoms with Gasteiger partial charge in [-0.25, -0.2) is 0 Å². The van der Waals surface area contributed by atoms with Gasteiger partial charge in [-0.15, -0.1) is 0 Å². The molecule has 0 N–H and O–H groups in total. The Bertz CT molecular complexity index is 123. The van der Waals surface area contributed by atoms with Crippen molar-refractivity contribution in [2.45, 2.75) is 66.2 Å². The molecule has 0 amide bonds. The van der Waals surface area contributed by atoms with Gasteiger partial charge in [-0.1, -0.05) is 59.3 Å². The van der Waals surface area contributed by atoms with Crippen LogP contribution in [0.3, 0.4) is 0 Å². The van der Waals surface area contributed by atoms with E-state index in [0.717, 1.165) is 24.2 Å². The van der Waals surface area contributed by atoms with Crippen molar-refractivity contribution in [1.82, 2.24) is 0 Å². The van der Waals surface area contributed by atoms with Crippen LogP contribution in [0.5, 0.6) is 0 Å². The minimum atomic E-state index is 0. The zero-order valence-corrected chi connectivity index (χ0v) is 15.1. The van der Waals surface area contributed by atoms with E-state index in [0.29, 0.717) is 0 Å². The molecule has 1 radical (unpaired) electrons. The van der Waals surface area contributed by atoms with Gasteiger partial charge in [-0.3, -0.25) is 0 Å². The Labute approximate surface area is 130 Å². The summed E-state index contributed by atoms with van der Waals surface area (Å²) >= 11 is 0. The molecule has 3 atom stereocenters.